The molecule has 0 N–H and O–H groups in total. The fourth-order valence-corrected chi connectivity index (χ4v) is 6.13. The maximum Gasteiger partial charge on any atom is 0.176 e. The lowest BCUT2D eigenvalue weighted by Crippen LogP contribution is -2.37. The van der Waals surface area contributed by atoms with Crippen LogP contribution in [0.5, 0.6) is 17.2 Å². The zero-order valence-corrected chi connectivity index (χ0v) is 23.3. The van der Waals surface area contributed by atoms with E-state index in [1.807, 2.05) is 12.1 Å². The van der Waals surface area contributed by atoms with Crippen LogP contribution in [0.4, 0.5) is 5.69 Å². The summed E-state index contributed by atoms with van der Waals surface area (Å²) in [6, 6.07) is 8.39. The summed E-state index contributed by atoms with van der Waals surface area (Å²) in [5.41, 5.74) is 4.99. The summed E-state index contributed by atoms with van der Waals surface area (Å²) in [4.78, 5) is 18.7. The number of morpholine rings is 1. The van der Waals surface area contributed by atoms with E-state index in [9.17, 15) is 4.79 Å². The van der Waals surface area contributed by atoms with Gasteiger partial charge in [0.2, 0.25) is 0 Å². The molecule has 37 heavy (non-hydrogen) atoms. The van der Waals surface area contributed by atoms with Gasteiger partial charge < -0.3 is 23.8 Å². The van der Waals surface area contributed by atoms with Crippen LogP contribution in [0.3, 0.4) is 0 Å². The number of rotatable bonds is 7. The van der Waals surface area contributed by atoms with E-state index in [1.165, 1.54) is 11.1 Å². The molecule has 2 fully saturated rings. The highest BCUT2D eigenvalue weighted by atomic mass is 16.5. The van der Waals surface area contributed by atoms with Gasteiger partial charge in [-0.3, -0.25) is 9.69 Å². The second-order valence-electron chi connectivity index (χ2n) is 11.5. The van der Waals surface area contributed by atoms with Crippen LogP contribution in [0, 0.1) is 0 Å². The van der Waals surface area contributed by atoms with Crippen molar-refractivity contribution in [2.75, 3.05) is 59.1 Å². The van der Waals surface area contributed by atoms with Crippen molar-refractivity contribution in [2.45, 2.75) is 57.5 Å². The highest BCUT2D eigenvalue weighted by Crippen LogP contribution is 2.61. The molecule has 1 spiro atoms. The molecule has 2 heterocycles. The molecule has 7 heteroatoms. The third-order valence-electron chi connectivity index (χ3n) is 8.32. The number of hydrogen-bond donors (Lipinski definition) is 0. The molecule has 7 nitrogen and oxygen atoms in total. The summed E-state index contributed by atoms with van der Waals surface area (Å²) < 4.78 is 22.7. The first-order valence-electron chi connectivity index (χ1n) is 13.3. The normalized spacial score (nSPS) is 20.6. The predicted octanol–water partition coefficient (Wildman–Crippen LogP) is 5.10. The SMILES string of the molecule is COc1cc2c(cc1OC)C1(CC1)N(CC(=O)c1cc(N3CCOCC3)c(OC)c(C(C)(C)C)c1)C2C. The molecule has 2 aliphatic heterocycles. The molecule has 1 aliphatic carbocycles. The number of nitrogens with zero attached hydrogens (tertiary/aromatic N) is 2. The van der Waals surface area contributed by atoms with Crippen molar-refractivity contribution in [3.05, 3.63) is 46.5 Å². The van der Waals surface area contributed by atoms with Crippen LogP contribution >= 0.6 is 0 Å². The van der Waals surface area contributed by atoms with E-state index < -0.39 is 0 Å². The second kappa shape index (κ2) is 9.52. The predicted molar refractivity (Wildman–Crippen MR) is 145 cm³/mol. The lowest BCUT2D eigenvalue weighted by Gasteiger charge is -2.33. The molecule has 3 aliphatic rings. The summed E-state index contributed by atoms with van der Waals surface area (Å²) >= 11 is 0. The van der Waals surface area contributed by atoms with Crippen LogP contribution in [0.1, 0.15) is 73.6 Å². The third-order valence-corrected chi connectivity index (χ3v) is 8.32. The molecule has 1 saturated carbocycles. The van der Waals surface area contributed by atoms with E-state index in [0.717, 1.165) is 60.0 Å². The van der Waals surface area contributed by atoms with Crippen molar-refractivity contribution < 1.29 is 23.7 Å². The number of benzene rings is 2. The monoisotopic (exact) mass is 508 g/mol. The Bertz CT molecular complexity index is 1190. The van der Waals surface area contributed by atoms with Gasteiger partial charge in [0.05, 0.1) is 46.8 Å². The summed E-state index contributed by atoms with van der Waals surface area (Å²) in [6.45, 7) is 12.0. The van der Waals surface area contributed by atoms with Crippen LogP contribution in [0.15, 0.2) is 24.3 Å². The number of carbonyl (C=O) groups excluding carboxylic acids is 1. The van der Waals surface area contributed by atoms with Gasteiger partial charge in [0.1, 0.15) is 5.75 Å². The molecule has 5 rings (SSSR count). The average molecular weight is 509 g/mol. The number of hydrogen-bond acceptors (Lipinski definition) is 7. The number of ether oxygens (including phenoxy) is 4. The third kappa shape index (κ3) is 4.36. The molecule has 1 saturated heterocycles. The van der Waals surface area contributed by atoms with Crippen molar-refractivity contribution in [3.63, 3.8) is 0 Å². The number of carbonyl (C=O) groups is 1. The summed E-state index contributed by atoms with van der Waals surface area (Å²) in [7, 11) is 5.06. The molecule has 1 atom stereocenters. The Hall–Kier alpha value is -2.77. The highest BCUT2D eigenvalue weighted by Gasteiger charge is 2.57. The molecule has 1 unspecified atom stereocenters. The maximum absolute atomic E-state index is 14.0. The molecule has 200 valence electrons. The standard InChI is InChI=1S/C30H40N2O5/c1-19-21-16-26(34-5)27(35-6)17-22(21)30(8-9-30)32(19)18-25(33)20-14-23(29(2,3)4)28(36-7)24(15-20)31-10-12-37-13-11-31/h14-17,19H,8-13,18H2,1-7H3. The van der Waals surface area contributed by atoms with Crippen molar-refractivity contribution in [1.29, 1.82) is 0 Å². The summed E-state index contributed by atoms with van der Waals surface area (Å²) in [5, 5.41) is 0. The van der Waals surface area contributed by atoms with E-state index >= 15 is 0 Å². The molecule has 0 bridgehead atoms. The van der Waals surface area contributed by atoms with Gasteiger partial charge in [-0.25, -0.2) is 0 Å². The Morgan fingerprint density at radius 3 is 2.22 bits per heavy atom. The Morgan fingerprint density at radius 1 is 1.00 bits per heavy atom. The number of anilines is 1. The van der Waals surface area contributed by atoms with Crippen LogP contribution in [0.25, 0.3) is 0 Å². The Morgan fingerprint density at radius 2 is 1.65 bits per heavy atom. The van der Waals surface area contributed by atoms with Crippen molar-refractivity contribution in [1.82, 2.24) is 4.90 Å². The van der Waals surface area contributed by atoms with Crippen molar-refractivity contribution >= 4 is 11.5 Å². The molecule has 0 aromatic heterocycles. The smallest absolute Gasteiger partial charge is 0.176 e. The van der Waals surface area contributed by atoms with Gasteiger partial charge in [-0.1, -0.05) is 20.8 Å². The second-order valence-corrected chi connectivity index (χ2v) is 11.5. The minimum atomic E-state index is -0.176. The first-order valence-corrected chi connectivity index (χ1v) is 13.3. The molecular weight excluding hydrogens is 468 g/mol. The fourth-order valence-electron chi connectivity index (χ4n) is 6.13. The van der Waals surface area contributed by atoms with Crippen molar-refractivity contribution in [3.8, 4) is 17.2 Å². The summed E-state index contributed by atoms with van der Waals surface area (Å²) in [5.74, 6) is 2.46. The number of ketones is 1. The zero-order chi connectivity index (χ0) is 26.5. The van der Waals surface area contributed by atoms with Crippen molar-refractivity contribution in [2.24, 2.45) is 0 Å². The van der Waals surface area contributed by atoms with Crippen LogP contribution in [-0.4, -0.2) is 64.9 Å². The summed E-state index contributed by atoms with van der Waals surface area (Å²) in [6.07, 6.45) is 2.09. The van der Waals surface area contributed by atoms with Gasteiger partial charge >= 0.3 is 0 Å². The topological polar surface area (TPSA) is 60.5 Å². The van der Waals surface area contributed by atoms with Crippen LogP contribution in [-0.2, 0) is 15.7 Å². The van der Waals surface area contributed by atoms with E-state index in [-0.39, 0.29) is 22.8 Å². The largest absolute Gasteiger partial charge is 0.494 e. The average Bonchev–Trinajstić information content (AvgIpc) is 3.67. The lowest BCUT2D eigenvalue weighted by atomic mass is 9.84. The minimum Gasteiger partial charge on any atom is -0.494 e. The number of Topliss-reactive ketones (excluding diaryl/α,β-unsaturated/α-hetero) is 1. The number of fused-ring (bicyclic) bond motifs is 2. The Balaban J connectivity index is 1.51. The van der Waals surface area contributed by atoms with Gasteiger partial charge in [-0.2, -0.15) is 0 Å². The van der Waals surface area contributed by atoms with E-state index in [0.29, 0.717) is 19.8 Å². The molecule has 2 aromatic carbocycles. The van der Waals surface area contributed by atoms with E-state index in [4.69, 9.17) is 18.9 Å². The number of methoxy groups -OCH3 is 3. The first-order chi connectivity index (χ1) is 17.6. The zero-order valence-electron chi connectivity index (χ0n) is 23.3. The molecule has 2 aromatic rings. The van der Waals surface area contributed by atoms with Crippen LogP contribution in [0.2, 0.25) is 0 Å². The Kier molecular flexibility index (Phi) is 6.65. The van der Waals surface area contributed by atoms with Gasteiger partial charge in [0, 0.05) is 35.8 Å². The maximum atomic E-state index is 14.0. The van der Waals surface area contributed by atoms with E-state index in [1.54, 1.807) is 21.3 Å². The molecule has 0 amide bonds. The Labute approximate surface area is 220 Å². The molecular formula is C30H40N2O5. The van der Waals surface area contributed by atoms with Gasteiger partial charge in [0.25, 0.3) is 0 Å². The fraction of sp³-hybridized carbons (Fsp3) is 0.567. The molecule has 0 radical (unpaired) electrons. The van der Waals surface area contributed by atoms with Gasteiger partial charge in [0.15, 0.2) is 17.3 Å². The minimum absolute atomic E-state index is 0.101. The quantitative estimate of drug-likeness (QED) is 0.483. The van der Waals surface area contributed by atoms with Crippen LogP contribution < -0.4 is 19.1 Å². The highest BCUT2D eigenvalue weighted by molar-refractivity contribution is 5.99. The lowest BCUT2D eigenvalue weighted by molar-refractivity contribution is 0.0834. The first kappa shape index (κ1) is 25.9. The van der Waals surface area contributed by atoms with Gasteiger partial charge in [-0.15, -0.1) is 0 Å². The van der Waals surface area contributed by atoms with E-state index in [2.05, 4.69) is 49.6 Å². The van der Waals surface area contributed by atoms with Gasteiger partial charge in [-0.05, 0) is 60.6 Å².